The summed E-state index contributed by atoms with van der Waals surface area (Å²) in [6.07, 6.45) is -1.41. The van der Waals surface area contributed by atoms with Crippen molar-refractivity contribution in [2.45, 2.75) is 20.0 Å². The molecule has 19 heavy (non-hydrogen) atoms. The molecule has 2 rings (SSSR count). The maximum atomic E-state index is 11.6. The molecule has 0 bridgehead atoms. The summed E-state index contributed by atoms with van der Waals surface area (Å²) in [5.74, 6) is -0.759. The molecule has 7 heteroatoms. The molecule has 1 aromatic carbocycles. The lowest BCUT2D eigenvalue weighted by atomic mass is 10.0. The van der Waals surface area contributed by atoms with E-state index in [9.17, 15) is 15.0 Å². The number of hydrogen-bond donors (Lipinski definition) is 2. The lowest BCUT2D eigenvalue weighted by Crippen LogP contribution is -2.16. The maximum absolute atomic E-state index is 11.6. The molecule has 0 aliphatic carbocycles. The summed E-state index contributed by atoms with van der Waals surface area (Å²) < 4.78 is 6.09. The third-order valence-electron chi connectivity index (χ3n) is 2.73. The molecule has 0 radical (unpaired) electrons. The highest BCUT2D eigenvalue weighted by molar-refractivity contribution is 9.11. The van der Waals surface area contributed by atoms with Crippen LogP contribution < -0.4 is 0 Å². The Labute approximate surface area is 122 Å². The summed E-state index contributed by atoms with van der Waals surface area (Å²) >= 11 is 4.55. The maximum Gasteiger partial charge on any atom is 0.339 e. The number of benzene rings is 1. The van der Waals surface area contributed by atoms with Crippen LogP contribution in [0.15, 0.2) is 9.98 Å². The van der Waals surface area contributed by atoms with Gasteiger partial charge in [-0.1, -0.05) is 0 Å². The van der Waals surface area contributed by atoms with Crippen molar-refractivity contribution in [1.82, 2.24) is 4.98 Å². The number of nitrogens with zero attached hydrogens (tertiary/aromatic N) is 1. The molecule has 1 heterocycles. The van der Waals surface area contributed by atoms with Crippen LogP contribution in [-0.4, -0.2) is 27.8 Å². The molecule has 0 aliphatic rings. The first-order valence-corrected chi connectivity index (χ1v) is 7.19. The molecule has 2 aromatic rings. The van der Waals surface area contributed by atoms with Crippen LogP contribution in [0.25, 0.3) is 10.2 Å². The number of fused-ring (bicyclic) bond motifs is 1. The van der Waals surface area contributed by atoms with Crippen molar-refractivity contribution in [3.05, 3.63) is 21.1 Å². The molecule has 1 atom stereocenters. The molecule has 5 nitrogen and oxygen atoms in total. The zero-order chi connectivity index (χ0) is 14.2. The van der Waals surface area contributed by atoms with Gasteiger partial charge in [-0.15, -0.1) is 11.3 Å². The van der Waals surface area contributed by atoms with Gasteiger partial charge in [0.05, 0.1) is 11.3 Å². The minimum atomic E-state index is -1.41. The van der Waals surface area contributed by atoms with Crippen molar-refractivity contribution in [2.24, 2.45) is 0 Å². The van der Waals surface area contributed by atoms with Crippen LogP contribution in [0, 0.1) is 6.92 Å². The van der Waals surface area contributed by atoms with E-state index >= 15 is 0 Å². The molecule has 2 N–H and O–H groups in total. The van der Waals surface area contributed by atoms with E-state index in [-0.39, 0.29) is 12.4 Å². The fourth-order valence-electron chi connectivity index (χ4n) is 1.77. The van der Waals surface area contributed by atoms with E-state index in [4.69, 9.17) is 4.74 Å². The van der Waals surface area contributed by atoms with Crippen molar-refractivity contribution in [3.8, 4) is 5.75 Å². The monoisotopic (exact) mass is 345 g/mol. The number of aliphatic hydroxyl groups excluding tert-OH is 1. The molecule has 102 valence electrons. The summed E-state index contributed by atoms with van der Waals surface area (Å²) in [6.45, 7) is 3.48. The fraction of sp³-hybridized carbons (Fsp3) is 0.333. The van der Waals surface area contributed by atoms with Gasteiger partial charge in [0.15, 0.2) is 10.0 Å². The predicted octanol–water partition coefficient (Wildman–Crippen LogP) is 2.67. The van der Waals surface area contributed by atoms with E-state index in [1.807, 2.05) is 0 Å². The highest BCUT2D eigenvalue weighted by Crippen LogP contribution is 2.38. The molecule has 1 aromatic heterocycles. The number of ether oxygens (including phenoxy) is 1. The van der Waals surface area contributed by atoms with Gasteiger partial charge >= 0.3 is 5.97 Å². The molecule has 0 aliphatic heterocycles. The highest BCUT2D eigenvalue weighted by atomic mass is 79.9. The van der Waals surface area contributed by atoms with Gasteiger partial charge in [-0.3, -0.25) is 0 Å². The SMILES string of the molecule is CCOC(=O)C(O)c1cc2sc(Br)nc2c(O)c1C. The molecular formula is C12H12BrNO4S. The molecule has 0 saturated carbocycles. The van der Waals surface area contributed by atoms with E-state index in [1.165, 1.54) is 11.3 Å². The summed E-state index contributed by atoms with van der Waals surface area (Å²) in [5.41, 5.74) is 1.21. The van der Waals surface area contributed by atoms with Crippen LogP contribution in [-0.2, 0) is 9.53 Å². The van der Waals surface area contributed by atoms with Gasteiger partial charge < -0.3 is 14.9 Å². The van der Waals surface area contributed by atoms with Crippen LogP contribution in [0.2, 0.25) is 0 Å². The molecular weight excluding hydrogens is 334 g/mol. The van der Waals surface area contributed by atoms with Crippen LogP contribution in [0.3, 0.4) is 0 Å². The Morgan fingerprint density at radius 2 is 2.32 bits per heavy atom. The second-order valence-corrected chi connectivity index (χ2v) is 6.21. The number of phenols is 1. The first kappa shape index (κ1) is 14.2. The number of phenolic OH excluding ortho intramolecular Hbond substituents is 1. The minimum Gasteiger partial charge on any atom is -0.505 e. The first-order valence-electron chi connectivity index (χ1n) is 5.58. The minimum absolute atomic E-state index is 0.0298. The van der Waals surface area contributed by atoms with E-state index in [0.717, 1.165) is 0 Å². The number of aliphatic hydroxyl groups is 1. The van der Waals surface area contributed by atoms with E-state index in [0.29, 0.717) is 25.3 Å². The van der Waals surface area contributed by atoms with Crippen molar-refractivity contribution in [3.63, 3.8) is 0 Å². The van der Waals surface area contributed by atoms with Gasteiger partial charge in [0.2, 0.25) is 0 Å². The number of thiazole rings is 1. The van der Waals surface area contributed by atoms with E-state index in [2.05, 4.69) is 20.9 Å². The molecule has 0 amide bonds. The first-order chi connectivity index (χ1) is 8.95. The molecule has 0 saturated heterocycles. The Kier molecular flexibility index (Phi) is 4.07. The summed E-state index contributed by atoms with van der Waals surface area (Å²) in [7, 11) is 0. The molecule has 1 unspecified atom stereocenters. The van der Waals surface area contributed by atoms with Gasteiger partial charge in [0, 0.05) is 0 Å². The van der Waals surface area contributed by atoms with Crippen LogP contribution in [0.4, 0.5) is 0 Å². The van der Waals surface area contributed by atoms with E-state index in [1.54, 1.807) is 19.9 Å². The number of hydrogen-bond acceptors (Lipinski definition) is 6. The van der Waals surface area contributed by atoms with E-state index < -0.39 is 12.1 Å². The number of halogens is 1. The Hall–Kier alpha value is -1.18. The number of esters is 1. The average molecular weight is 346 g/mol. The van der Waals surface area contributed by atoms with Gasteiger partial charge in [0.25, 0.3) is 0 Å². The normalized spacial score (nSPS) is 12.6. The smallest absolute Gasteiger partial charge is 0.339 e. The van der Waals surface area contributed by atoms with Crippen LogP contribution in [0.1, 0.15) is 24.2 Å². The zero-order valence-electron chi connectivity index (χ0n) is 10.3. The summed E-state index contributed by atoms with van der Waals surface area (Å²) in [4.78, 5) is 15.7. The average Bonchev–Trinajstić information content (AvgIpc) is 2.74. The predicted molar refractivity (Wildman–Crippen MR) is 75.3 cm³/mol. The second kappa shape index (κ2) is 5.44. The Balaban J connectivity index is 2.54. The Morgan fingerprint density at radius 3 is 2.95 bits per heavy atom. The number of carbonyl (C=O) groups is 1. The number of aromatic nitrogens is 1. The van der Waals surface area contributed by atoms with Gasteiger partial charge in [0.1, 0.15) is 11.3 Å². The summed E-state index contributed by atoms with van der Waals surface area (Å²) in [5, 5.41) is 20.1. The third kappa shape index (κ3) is 2.58. The van der Waals surface area contributed by atoms with Crippen molar-refractivity contribution in [1.29, 1.82) is 0 Å². The van der Waals surface area contributed by atoms with Crippen molar-refractivity contribution in [2.75, 3.05) is 6.61 Å². The quantitative estimate of drug-likeness (QED) is 0.836. The topological polar surface area (TPSA) is 79.7 Å². The number of aromatic hydroxyl groups is 1. The van der Waals surface area contributed by atoms with Crippen molar-refractivity contribution >= 4 is 43.5 Å². The fourth-order valence-corrected chi connectivity index (χ4v) is 3.21. The Bertz CT molecular complexity index is 640. The van der Waals surface area contributed by atoms with Crippen LogP contribution >= 0.6 is 27.3 Å². The highest BCUT2D eigenvalue weighted by Gasteiger charge is 2.24. The summed E-state index contributed by atoms with van der Waals surface area (Å²) in [6, 6.07) is 1.65. The lowest BCUT2D eigenvalue weighted by Gasteiger charge is -2.13. The number of carbonyl (C=O) groups excluding carboxylic acids is 1. The van der Waals surface area contributed by atoms with Gasteiger partial charge in [-0.2, -0.15) is 0 Å². The van der Waals surface area contributed by atoms with Gasteiger partial charge in [-0.05, 0) is 47.0 Å². The zero-order valence-corrected chi connectivity index (χ0v) is 12.7. The third-order valence-corrected chi connectivity index (χ3v) is 4.18. The van der Waals surface area contributed by atoms with Crippen LogP contribution in [0.5, 0.6) is 5.75 Å². The molecule has 0 spiro atoms. The Morgan fingerprint density at radius 1 is 1.63 bits per heavy atom. The largest absolute Gasteiger partial charge is 0.505 e. The van der Waals surface area contributed by atoms with Gasteiger partial charge in [-0.25, -0.2) is 9.78 Å². The number of rotatable bonds is 3. The second-order valence-electron chi connectivity index (χ2n) is 3.91. The standard InChI is InChI=1S/C12H12BrNO4S/c1-3-18-11(17)10(16)6-4-7-8(9(15)5(6)2)14-12(13)19-7/h4,10,15-16H,3H2,1-2H3. The van der Waals surface area contributed by atoms with Crippen molar-refractivity contribution < 1.29 is 19.7 Å². The molecule has 0 fully saturated rings. The lowest BCUT2D eigenvalue weighted by molar-refractivity contribution is -0.153.